The number of allylic oxidation sites excluding steroid dienone is 2. The van der Waals surface area contributed by atoms with Crippen LogP contribution in [0.15, 0.2) is 79.9 Å². The van der Waals surface area contributed by atoms with Crippen LogP contribution in [0, 0.1) is 5.92 Å². The van der Waals surface area contributed by atoms with Crippen LogP contribution in [-0.4, -0.2) is 47.0 Å². The lowest BCUT2D eigenvalue weighted by molar-refractivity contribution is -0.145. The number of carbonyl (C=O) groups is 3. The Kier molecular flexibility index (Phi) is 12.0. The SMILES string of the molecule is C=CCCCCC(=O)OCC(NC(=O)C(CC=C)CC(=O)N1Cc2ccccc2CC1CO)c1ccccc1. The maximum Gasteiger partial charge on any atom is 0.305 e. The minimum atomic E-state index is -0.646. The molecular weight excluding hydrogens is 492 g/mol. The highest BCUT2D eigenvalue weighted by Crippen LogP contribution is 2.26. The molecule has 2 amide bonds. The first-order valence-corrected chi connectivity index (χ1v) is 13.7. The monoisotopic (exact) mass is 532 g/mol. The molecule has 208 valence electrons. The van der Waals surface area contributed by atoms with Gasteiger partial charge < -0.3 is 20.1 Å². The molecule has 7 heteroatoms. The summed E-state index contributed by atoms with van der Waals surface area (Å²) >= 11 is 0. The van der Waals surface area contributed by atoms with E-state index in [4.69, 9.17) is 4.74 Å². The maximum atomic E-state index is 13.4. The largest absolute Gasteiger partial charge is 0.463 e. The zero-order chi connectivity index (χ0) is 28.0. The highest BCUT2D eigenvalue weighted by molar-refractivity contribution is 5.86. The summed E-state index contributed by atoms with van der Waals surface area (Å²) < 4.78 is 5.51. The fourth-order valence-corrected chi connectivity index (χ4v) is 4.86. The summed E-state index contributed by atoms with van der Waals surface area (Å²) in [5.74, 6) is -1.45. The number of rotatable bonds is 15. The molecule has 0 saturated carbocycles. The number of nitrogens with one attached hydrogen (secondary N) is 1. The second kappa shape index (κ2) is 15.6. The van der Waals surface area contributed by atoms with E-state index in [1.54, 1.807) is 11.0 Å². The van der Waals surface area contributed by atoms with Crippen molar-refractivity contribution in [2.24, 2.45) is 5.92 Å². The zero-order valence-corrected chi connectivity index (χ0v) is 22.6. The van der Waals surface area contributed by atoms with Gasteiger partial charge in [0.2, 0.25) is 11.8 Å². The first-order valence-electron chi connectivity index (χ1n) is 13.7. The summed E-state index contributed by atoms with van der Waals surface area (Å²) in [5.41, 5.74) is 2.99. The van der Waals surface area contributed by atoms with Crippen molar-refractivity contribution in [1.82, 2.24) is 10.2 Å². The van der Waals surface area contributed by atoms with Crippen molar-refractivity contribution >= 4 is 17.8 Å². The molecule has 0 radical (unpaired) electrons. The van der Waals surface area contributed by atoms with Crippen LogP contribution in [0.2, 0.25) is 0 Å². The average Bonchev–Trinajstić information content (AvgIpc) is 2.96. The molecule has 3 unspecified atom stereocenters. The summed E-state index contributed by atoms with van der Waals surface area (Å²) in [7, 11) is 0. The van der Waals surface area contributed by atoms with E-state index in [0.29, 0.717) is 32.2 Å². The number of esters is 1. The Labute approximate surface area is 231 Å². The van der Waals surface area contributed by atoms with Crippen molar-refractivity contribution in [1.29, 1.82) is 0 Å². The van der Waals surface area contributed by atoms with Gasteiger partial charge in [-0.05, 0) is 48.8 Å². The number of aliphatic hydroxyl groups is 1. The molecule has 0 spiro atoms. The van der Waals surface area contributed by atoms with Crippen LogP contribution in [0.1, 0.15) is 61.3 Å². The average molecular weight is 533 g/mol. The molecule has 2 N–H and O–H groups in total. The van der Waals surface area contributed by atoms with Crippen molar-refractivity contribution in [3.8, 4) is 0 Å². The van der Waals surface area contributed by atoms with Gasteiger partial charge in [0, 0.05) is 19.4 Å². The van der Waals surface area contributed by atoms with E-state index < -0.39 is 12.0 Å². The molecule has 2 aromatic rings. The van der Waals surface area contributed by atoms with Gasteiger partial charge in [-0.3, -0.25) is 14.4 Å². The van der Waals surface area contributed by atoms with Crippen LogP contribution < -0.4 is 5.32 Å². The van der Waals surface area contributed by atoms with Crippen LogP contribution in [0.5, 0.6) is 0 Å². The normalized spacial score (nSPS) is 15.9. The summed E-state index contributed by atoms with van der Waals surface area (Å²) in [6.07, 6.45) is 7.08. The lowest BCUT2D eigenvalue weighted by Crippen LogP contribution is -2.47. The van der Waals surface area contributed by atoms with Crippen molar-refractivity contribution in [3.05, 3.63) is 96.6 Å². The number of fused-ring (bicyclic) bond motifs is 1. The molecule has 1 heterocycles. The molecule has 3 rings (SSSR count). The van der Waals surface area contributed by atoms with Crippen LogP contribution in [0.3, 0.4) is 0 Å². The molecule has 0 aliphatic carbocycles. The standard InChI is InChI=1S/C32H40N2O5/c1-3-5-6-10-18-31(37)39-23-29(24-14-8-7-9-15-24)33-32(38)26(13-4-2)20-30(36)34-21-27-17-12-11-16-25(27)19-28(34)22-35/h3-4,7-9,11-12,14-17,26,28-29,35H,1-2,5-6,10,13,18-23H2,(H,33,38). The highest BCUT2D eigenvalue weighted by atomic mass is 16.5. The number of benzene rings is 2. The molecule has 39 heavy (non-hydrogen) atoms. The van der Waals surface area contributed by atoms with Crippen molar-refractivity contribution in [2.75, 3.05) is 13.2 Å². The van der Waals surface area contributed by atoms with Gasteiger partial charge in [0.15, 0.2) is 0 Å². The van der Waals surface area contributed by atoms with Gasteiger partial charge in [0.05, 0.1) is 24.6 Å². The third kappa shape index (κ3) is 8.93. The second-order valence-electron chi connectivity index (χ2n) is 9.95. The molecule has 0 fully saturated rings. The number of aliphatic hydroxyl groups excluding tert-OH is 1. The van der Waals surface area contributed by atoms with Crippen molar-refractivity contribution < 1.29 is 24.2 Å². The number of unbranched alkanes of at least 4 members (excludes halogenated alkanes) is 2. The van der Waals surface area contributed by atoms with E-state index in [-0.39, 0.29) is 43.5 Å². The summed E-state index contributed by atoms with van der Waals surface area (Å²) in [6.45, 7) is 7.73. The van der Waals surface area contributed by atoms with Crippen LogP contribution in [0.25, 0.3) is 0 Å². The molecule has 2 aromatic carbocycles. The molecule has 7 nitrogen and oxygen atoms in total. The first-order chi connectivity index (χ1) is 19.0. The highest BCUT2D eigenvalue weighted by Gasteiger charge is 2.32. The Hall–Kier alpha value is -3.71. The molecule has 0 bridgehead atoms. The quantitative estimate of drug-likeness (QED) is 0.198. The van der Waals surface area contributed by atoms with Crippen LogP contribution in [0.4, 0.5) is 0 Å². The Bertz CT molecular complexity index is 1120. The summed E-state index contributed by atoms with van der Waals surface area (Å²) in [4.78, 5) is 40.8. The minimum Gasteiger partial charge on any atom is -0.463 e. The molecular formula is C32H40N2O5. The first kappa shape index (κ1) is 29.8. The van der Waals surface area contributed by atoms with E-state index in [9.17, 15) is 19.5 Å². The van der Waals surface area contributed by atoms with Crippen LogP contribution >= 0.6 is 0 Å². The summed E-state index contributed by atoms with van der Waals surface area (Å²) in [5, 5.41) is 13.0. The Morgan fingerprint density at radius 3 is 2.44 bits per heavy atom. The molecule has 0 saturated heterocycles. The van der Waals surface area contributed by atoms with Gasteiger partial charge in [-0.2, -0.15) is 0 Å². The zero-order valence-electron chi connectivity index (χ0n) is 22.6. The lowest BCUT2D eigenvalue weighted by atomic mass is 9.92. The van der Waals surface area contributed by atoms with E-state index >= 15 is 0 Å². The fourth-order valence-electron chi connectivity index (χ4n) is 4.86. The van der Waals surface area contributed by atoms with Gasteiger partial charge >= 0.3 is 5.97 Å². The number of hydrogen-bond donors (Lipinski definition) is 2. The van der Waals surface area contributed by atoms with Gasteiger partial charge in [-0.15, -0.1) is 13.2 Å². The Balaban J connectivity index is 1.66. The number of hydrogen-bond acceptors (Lipinski definition) is 5. The lowest BCUT2D eigenvalue weighted by Gasteiger charge is -2.36. The van der Waals surface area contributed by atoms with Crippen molar-refractivity contribution in [2.45, 2.75) is 63.6 Å². The van der Waals surface area contributed by atoms with Gasteiger partial charge in [-0.1, -0.05) is 66.7 Å². The van der Waals surface area contributed by atoms with E-state index in [1.807, 2.05) is 60.7 Å². The molecule has 1 aliphatic heterocycles. The van der Waals surface area contributed by atoms with Gasteiger partial charge in [-0.25, -0.2) is 0 Å². The predicted octanol–water partition coefficient (Wildman–Crippen LogP) is 4.66. The smallest absolute Gasteiger partial charge is 0.305 e. The number of ether oxygens (including phenoxy) is 1. The number of amides is 2. The molecule has 1 aliphatic rings. The molecule has 0 aromatic heterocycles. The maximum absolute atomic E-state index is 13.4. The summed E-state index contributed by atoms with van der Waals surface area (Å²) in [6, 6.07) is 16.4. The topological polar surface area (TPSA) is 95.9 Å². The van der Waals surface area contributed by atoms with E-state index in [2.05, 4.69) is 18.5 Å². The minimum absolute atomic E-state index is 0.000294. The van der Waals surface area contributed by atoms with E-state index in [1.165, 1.54) is 0 Å². The number of nitrogens with zero attached hydrogens (tertiary/aromatic N) is 1. The third-order valence-corrected chi connectivity index (χ3v) is 7.10. The molecule has 3 atom stereocenters. The number of carbonyl (C=O) groups excluding carboxylic acids is 3. The van der Waals surface area contributed by atoms with Gasteiger partial charge in [0.25, 0.3) is 0 Å². The Morgan fingerprint density at radius 1 is 1.03 bits per heavy atom. The van der Waals surface area contributed by atoms with Crippen LogP contribution in [-0.2, 0) is 32.1 Å². The second-order valence-corrected chi connectivity index (χ2v) is 9.95. The Morgan fingerprint density at radius 2 is 1.74 bits per heavy atom. The predicted molar refractivity (Wildman–Crippen MR) is 151 cm³/mol. The van der Waals surface area contributed by atoms with Crippen molar-refractivity contribution in [3.63, 3.8) is 0 Å². The van der Waals surface area contributed by atoms with Gasteiger partial charge in [0.1, 0.15) is 6.61 Å². The third-order valence-electron chi connectivity index (χ3n) is 7.10. The fraction of sp³-hybridized carbons (Fsp3) is 0.406. The van der Waals surface area contributed by atoms with E-state index in [0.717, 1.165) is 29.5 Å².